The van der Waals surface area contributed by atoms with E-state index in [4.69, 9.17) is 33.0 Å². The molecule has 1 fully saturated rings. The maximum absolute atomic E-state index is 10.8. The largest absolute Gasteiger partial charge is 0.481 e. The molecule has 0 bridgehead atoms. The van der Waals surface area contributed by atoms with Crippen LogP contribution in [0.25, 0.3) is 0 Å². The summed E-state index contributed by atoms with van der Waals surface area (Å²) in [7, 11) is 0. The van der Waals surface area contributed by atoms with Crippen molar-refractivity contribution < 1.29 is 19.6 Å². The van der Waals surface area contributed by atoms with Crippen LogP contribution in [0.4, 0.5) is 11.4 Å². The number of hydrogen-bond acceptors (Lipinski definition) is 5. The molecule has 114 valence electrons. The number of carbonyl (C=O) groups is 1. The topological polar surface area (TPSA) is 92.9 Å². The Morgan fingerprint density at radius 2 is 2.10 bits per heavy atom. The van der Waals surface area contributed by atoms with Crippen LogP contribution in [0.1, 0.15) is 6.42 Å². The Balaban J connectivity index is 2.25. The number of rotatable bonds is 4. The maximum Gasteiger partial charge on any atom is 0.306 e. The second-order valence-corrected chi connectivity index (χ2v) is 5.37. The average molecular weight is 335 g/mol. The van der Waals surface area contributed by atoms with Crippen LogP contribution in [-0.4, -0.2) is 41.8 Å². The molecule has 1 saturated heterocycles. The first-order valence-electron chi connectivity index (χ1n) is 6.10. The number of nitrogens with zero attached hydrogens (tertiary/aromatic N) is 2. The summed E-state index contributed by atoms with van der Waals surface area (Å²) in [6.45, 7) is 1.12. The van der Waals surface area contributed by atoms with Gasteiger partial charge in [-0.15, -0.1) is 0 Å². The maximum atomic E-state index is 10.8. The second kappa shape index (κ2) is 6.46. The van der Waals surface area contributed by atoms with E-state index in [0.717, 1.165) is 0 Å². The number of hydrogen-bond donors (Lipinski definition) is 1. The zero-order valence-corrected chi connectivity index (χ0v) is 12.3. The van der Waals surface area contributed by atoms with Gasteiger partial charge in [-0.2, -0.15) is 0 Å². The number of benzene rings is 1. The van der Waals surface area contributed by atoms with Crippen molar-refractivity contribution in [2.45, 2.75) is 12.5 Å². The van der Waals surface area contributed by atoms with Gasteiger partial charge in [0.15, 0.2) is 0 Å². The van der Waals surface area contributed by atoms with E-state index in [-0.39, 0.29) is 22.2 Å². The van der Waals surface area contributed by atoms with E-state index in [1.165, 1.54) is 12.1 Å². The van der Waals surface area contributed by atoms with E-state index in [1.54, 1.807) is 4.90 Å². The van der Waals surface area contributed by atoms with Crippen molar-refractivity contribution in [2.75, 3.05) is 24.6 Å². The molecule has 1 aromatic rings. The molecular formula is C12H12Cl2N2O5. The summed E-state index contributed by atoms with van der Waals surface area (Å²) in [5.41, 5.74) is 0.270. The molecule has 21 heavy (non-hydrogen) atoms. The third-order valence-electron chi connectivity index (χ3n) is 3.07. The van der Waals surface area contributed by atoms with Crippen LogP contribution in [0.5, 0.6) is 0 Å². The van der Waals surface area contributed by atoms with Gasteiger partial charge >= 0.3 is 5.97 Å². The van der Waals surface area contributed by atoms with Crippen molar-refractivity contribution in [3.8, 4) is 0 Å². The number of nitro groups is 1. The van der Waals surface area contributed by atoms with E-state index >= 15 is 0 Å². The normalized spacial score (nSPS) is 18.6. The summed E-state index contributed by atoms with van der Waals surface area (Å²) in [6, 6.07) is 2.45. The van der Waals surface area contributed by atoms with Crippen LogP contribution >= 0.6 is 23.2 Å². The van der Waals surface area contributed by atoms with Gasteiger partial charge in [0.05, 0.1) is 39.8 Å². The Labute approximate surface area is 130 Å². The van der Waals surface area contributed by atoms with E-state index in [1.807, 2.05) is 0 Å². The fraction of sp³-hybridized carbons (Fsp3) is 0.417. The first-order valence-corrected chi connectivity index (χ1v) is 6.86. The van der Waals surface area contributed by atoms with Crippen LogP contribution in [0.2, 0.25) is 10.0 Å². The Bertz CT molecular complexity index is 558. The SMILES string of the molecule is O=C(O)CC1CN(c2c(Cl)cc([N+](=O)[O-])cc2Cl)CCO1. The number of carboxylic acid groups (broad SMARTS) is 1. The fourth-order valence-electron chi connectivity index (χ4n) is 2.20. The van der Waals surface area contributed by atoms with Crippen molar-refractivity contribution in [3.05, 3.63) is 32.3 Å². The van der Waals surface area contributed by atoms with Crippen LogP contribution in [0.15, 0.2) is 12.1 Å². The van der Waals surface area contributed by atoms with Crippen molar-refractivity contribution >= 4 is 40.5 Å². The lowest BCUT2D eigenvalue weighted by Crippen LogP contribution is -2.43. The van der Waals surface area contributed by atoms with E-state index in [0.29, 0.717) is 25.4 Å². The lowest BCUT2D eigenvalue weighted by Gasteiger charge is -2.34. The fourth-order valence-corrected chi connectivity index (χ4v) is 2.91. The number of ether oxygens (including phenoxy) is 1. The third-order valence-corrected chi connectivity index (χ3v) is 3.65. The standard InChI is InChI=1S/C12H12Cl2N2O5/c13-9-3-7(16(19)20)4-10(14)12(9)15-1-2-21-8(6-15)5-11(17)18/h3-4,8H,1-2,5-6H2,(H,17,18). The summed E-state index contributed by atoms with van der Waals surface area (Å²) in [4.78, 5) is 22.7. The molecular weight excluding hydrogens is 323 g/mol. The van der Waals surface area contributed by atoms with Crippen molar-refractivity contribution in [1.82, 2.24) is 0 Å². The lowest BCUT2D eigenvalue weighted by molar-refractivity contribution is -0.384. The van der Waals surface area contributed by atoms with Gasteiger partial charge in [0.1, 0.15) is 0 Å². The summed E-state index contributed by atoms with van der Waals surface area (Å²) < 4.78 is 5.37. The van der Waals surface area contributed by atoms with Crippen molar-refractivity contribution in [1.29, 1.82) is 0 Å². The zero-order chi connectivity index (χ0) is 15.6. The number of non-ortho nitro benzene ring substituents is 1. The predicted molar refractivity (Wildman–Crippen MR) is 77.3 cm³/mol. The van der Waals surface area contributed by atoms with Crippen LogP contribution in [0.3, 0.4) is 0 Å². The highest BCUT2D eigenvalue weighted by Gasteiger charge is 2.26. The minimum atomic E-state index is -0.956. The highest BCUT2D eigenvalue weighted by atomic mass is 35.5. The summed E-state index contributed by atoms with van der Waals surface area (Å²) >= 11 is 12.2. The van der Waals surface area contributed by atoms with Gasteiger partial charge in [0, 0.05) is 25.2 Å². The second-order valence-electron chi connectivity index (χ2n) is 4.55. The summed E-state index contributed by atoms with van der Waals surface area (Å²) in [5, 5.41) is 19.9. The molecule has 0 saturated carbocycles. The third kappa shape index (κ3) is 3.75. The highest BCUT2D eigenvalue weighted by Crippen LogP contribution is 2.38. The molecule has 1 unspecified atom stereocenters. The highest BCUT2D eigenvalue weighted by molar-refractivity contribution is 6.39. The molecule has 9 heteroatoms. The Morgan fingerprint density at radius 3 is 2.62 bits per heavy atom. The van der Waals surface area contributed by atoms with Gasteiger partial charge in [-0.25, -0.2) is 0 Å². The quantitative estimate of drug-likeness (QED) is 0.671. The molecule has 0 radical (unpaired) electrons. The van der Waals surface area contributed by atoms with E-state index in [2.05, 4.69) is 0 Å². The zero-order valence-electron chi connectivity index (χ0n) is 10.8. The van der Waals surface area contributed by atoms with Gasteiger partial charge in [0.25, 0.3) is 5.69 Å². The summed E-state index contributed by atoms with van der Waals surface area (Å²) in [6.07, 6.45) is -0.600. The van der Waals surface area contributed by atoms with Crippen LogP contribution in [-0.2, 0) is 9.53 Å². The number of nitro benzene ring substituents is 1. The molecule has 0 spiro atoms. The van der Waals surface area contributed by atoms with Gasteiger partial charge < -0.3 is 14.7 Å². The lowest BCUT2D eigenvalue weighted by atomic mass is 10.1. The van der Waals surface area contributed by atoms with Crippen molar-refractivity contribution in [3.63, 3.8) is 0 Å². The number of morpholine rings is 1. The van der Waals surface area contributed by atoms with Gasteiger partial charge in [-0.1, -0.05) is 23.2 Å². The number of halogens is 2. The molecule has 1 aromatic carbocycles. The molecule has 1 atom stereocenters. The van der Waals surface area contributed by atoms with Gasteiger partial charge in [-0.3, -0.25) is 14.9 Å². The number of anilines is 1. The first-order chi connectivity index (χ1) is 9.88. The predicted octanol–water partition coefficient (Wildman–Crippen LogP) is 2.58. The van der Waals surface area contributed by atoms with Crippen LogP contribution in [0, 0.1) is 10.1 Å². The Morgan fingerprint density at radius 1 is 1.48 bits per heavy atom. The molecule has 2 rings (SSSR count). The monoisotopic (exact) mass is 334 g/mol. The van der Waals surface area contributed by atoms with Gasteiger partial charge in [0.2, 0.25) is 0 Å². The first kappa shape index (κ1) is 15.8. The van der Waals surface area contributed by atoms with Gasteiger partial charge in [-0.05, 0) is 0 Å². The average Bonchev–Trinajstić information content (AvgIpc) is 2.37. The minimum Gasteiger partial charge on any atom is -0.481 e. The number of carboxylic acids is 1. The Kier molecular flexibility index (Phi) is 4.87. The number of aliphatic carboxylic acids is 1. The summed E-state index contributed by atoms with van der Waals surface area (Å²) in [5.74, 6) is -0.956. The molecule has 0 aliphatic carbocycles. The van der Waals surface area contributed by atoms with Crippen molar-refractivity contribution in [2.24, 2.45) is 0 Å². The smallest absolute Gasteiger partial charge is 0.306 e. The molecule has 1 aliphatic heterocycles. The molecule has 1 aliphatic rings. The van der Waals surface area contributed by atoms with E-state index < -0.39 is 17.0 Å². The molecule has 7 nitrogen and oxygen atoms in total. The van der Waals surface area contributed by atoms with Crippen LogP contribution < -0.4 is 4.90 Å². The molecule has 0 amide bonds. The molecule has 0 aromatic heterocycles. The Hall–Kier alpha value is -1.57. The molecule has 1 heterocycles. The molecule has 1 N–H and O–H groups in total. The van der Waals surface area contributed by atoms with E-state index in [9.17, 15) is 14.9 Å². The minimum absolute atomic E-state index is 0.126.